The van der Waals surface area contributed by atoms with Gasteiger partial charge in [-0.15, -0.1) is 0 Å². The molecule has 1 aliphatic heterocycles. The average molecular weight is 574 g/mol. The molecular weight excluding hydrogens is 542 g/mol. The highest BCUT2D eigenvalue weighted by Crippen LogP contribution is 2.53. The van der Waals surface area contributed by atoms with Gasteiger partial charge in [-0.05, 0) is 26.0 Å². The number of carbonyl (C=O) groups is 3. The molecule has 7 atom stereocenters. The second kappa shape index (κ2) is 10.3. The number of hydrogen-bond acceptors (Lipinski definition) is 12. The molecule has 0 bridgehead atoms. The molecule has 0 radical (unpaired) electrons. The number of aromatic hydroxyl groups is 3. The summed E-state index contributed by atoms with van der Waals surface area (Å²) in [5.41, 5.74) is -3.96. The quantitative estimate of drug-likeness (QED) is 0.157. The Balaban J connectivity index is 1.67. The van der Waals surface area contributed by atoms with Gasteiger partial charge in [0.05, 0.1) is 59.3 Å². The number of rotatable bonds is 6. The molecule has 41 heavy (non-hydrogen) atoms. The maximum absolute atomic E-state index is 13.7. The van der Waals surface area contributed by atoms with E-state index in [2.05, 4.69) is 5.32 Å². The number of amides is 1. The first kappa shape index (κ1) is 28.8. The molecule has 4 unspecified atom stereocenters. The van der Waals surface area contributed by atoms with Crippen LogP contribution in [0.4, 0.5) is 0 Å². The summed E-state index contributed by atoms with van der Waals surface area (Å²) in [6.07, 6.45) is -5.89. The van der Waals surface area contributed by atoms with Crippen LogP contribution in [-0.2, 0) is 20.7 Å². The lowest BCUT2D eigenvalue weighted by atomic mass is 9.71. The summed E-state index contributed by atoms with van der Waals surface area (Å²) in [5.74, 6) is -3.83. The van der Waals surface area contributed by atoms with Crippen molar-refractivity contribution in [2.45, 2.75) is 75.5 Å². The molecule has 5 rings (SSSR count). The number of hydrogen-bond donors (Lipinski definition) is 7. The van der Waals surface area contributed by atoms with Crippen LogP contribution in [-0.4, -0.2) is 92.0 Å². The largest absolute Gasteiger partial charge is 0.507 e. The Morgan fingerprint density at radius 3 is 2.39 bits per heavy atom. The number of fused-ring (bicyclic) bond motifs is 3. The van der Waals surface area contributed by atoms with E-state index in [4.69, 9.17) is 14.2 Å². The van der Waals surface area contributed by atoms with E-state index in [1.54, 1.807) is 6.92 Å². The lowest BCUT2D eigenvalue weighted by Gasteiger charge is -2.44. The highest BCUT2D eigenvalue weighted by atomic mass is 16.7. The number of aliphatic hydroxyl groups excluding tert-OH is 2. The number of ketones is 2. The van der Waals surface area contributed by atoms with E-state index in [9.17, 15) is 45.0 Å². The van der Waals surface area contributed by atoms with E-state index in [-0.39, 0.29) is 35.3 Å². The molecule has 1 fully saturated rings. The van der Waals surface area contributed by atoms with Crippen molar-refractivity contribution in [1.82, 2.24) is 5.32 Å². The summed E-state index contributed by atoms with van der Waals surface area (Å²) >= 11 is 0. The molecule has 7 N–H and O–H groups in total. The molecule has 0 aromatic heterocycles. The second-order valence-corrected chi connectivity index (χ2v) is 10.7. The maximum Gasteiger partial charge on any atom is 0.207 e. The van der Waals surface area contributed by atoms with Crippen LogP contribution in [0.25, 0.3) is 0 Å². The SMILES string of the molecule is COc1ccc(O)c2c1C(=O)c1c(O)c3c(c(O)c1C2=O)C[C@@](O)(C(C)O)CC3O[C@H]1CC(NC=O)[C@H](O)C(C)O1. The lowest BCUT2D eigenvalue weighted by molar-refractivity contribution is -0.252. The third kappa shape index (κ3) is 4.41. The predicted molar refractivity (Wildman–Crippen MR) is 138 cm³/mol. The molecule has 2 aromatic rings. The number of phenols is 3. The minimum absolute atomic E-state index is 0.0257. The number of carbonyl (C=O) groups excluding carboxylic acids is 3. The Bertz CT molecular complexity index is 1440. The molecule has 1 amide bonds. The maximum atomic E-state index is 13.7. The van der Waals surface area contributed by atoms with Crippen LogP contribution in [0.2, 0.25) is 0 Å². The Hall–Kier alpha value is -3.75. The lowest BCUT2D eigenvalue weighted by Crippen LogP contribution is -2.54. The Kier molecular flexibility index (Phi) is 7.20. The summed E-state index contributed by atoms with van der Waals surface area (Å²) in [5, 5.41) is 68.1. The normalized spacial score (nSPS) is 29.7. The minimum atomic E-state index is -1.90. The van der Waals surface area contributed by atoms with Crippen LogP contribution in [0, 0.1) is 0 Å². The average Bonchev–Trinajstić information content (AvgIpc) is 2.91. The van der Waals surface area contributed by atoms with Gasteiger partial charge >= 0.3 is 0 Å². The minimum Gasteiger partial charge on any atom is -0.507 e. The number of aliphatic hydroxyl groups is 3. The zero-order valence-electron chi connectivity index (χ0n) is 22.5. The molecule has 1 heterocycles. The molecule has 0 spiro atoms. The zero-order chi connectivity index (χ0) is 30.0. The van der Waals surface area contributed by atoms with Crippen LogP contribution < -0.4 is 10.1 Å². The van der Waals surface area contributed by atoms with Gasteiger partial charge in [-0.25, -0.2) is 0 Å². The van der Waals surface area contributed by atoms with Gasteiger partial charge in [0.1, 0.15) is 29.1 Å². The fourth-order valence-electron chi connectivity index (χ4n) is 6.02. The van der Waals surface area contributed by atoms with Crippen LogP contribution in [0.5, 0.6) is 23.0 Å². The first-order valence-corrected chi connectivity index (χ1v) is 13.0. The molecule has 1 saturated heterocycles. The van der Waals surface area contributed by atoms with Crippen molar-refractivity contribution in [3.05, 3.63) is 45.5 Å². The number of nitrogens with one attached hydrogen (secondary N) is 1. The Morgan fingerprint density at radius 1 is 1.10 bits per heavy atom. The molecule has 2 aromatic carbocycles. The van der Waals surface area contributed by atoms with E-state index in [1.165, 1.54) is 20.1 Å². The van der Waals surface area contributed by atoms with Gasteiger partial charge in [0.2, 0.25) is 18.0 Å². The van der Waals surface area contributed by atoms with Crippen molar-refractivity contribution < 1.29 is 59.2 Å². The van der Waals surface area contributed by atoms with Gasteiger partial charge in [0.25, 0.3) is 0 Å². The van der Waals surface area contributed by atoms with E-state index < -0.39 is 94.3 Å². The van der Waals surface area contributed by atoms with Gasteiger partial charge in [-0.1, -0.05) is 0 Å². The summed E-state index contributed by atoms with van der Waals surface area (Å²) in [4.78, 5) is 38.4. The molecule has 0 saturated carbocycles. The van der Waals surface area contributed by atoms with Gasteiger partial charge < -0.3 is 50.2 Å². The topological polar surface area (TPSA) is 212 Å². The van der Waals surface area contributed by atoms with Crippen molar-refractivity contribution in [3.63, 3.8) is 0 Å². The van der Waals surface area contributed by atoms with E-state index in [0.717, 1.165) is 6.07 Å². The van der Waals surface area contributed by atoms with Crippen molar-refractivity contribution in [1.29, 1.82) is 0 Å². The fraction of sp³-hybridized carbons (Fsp3) is 0.464. The number of phenolic OH excluding ortho intramolecular Hbond substituents is 3. The molecule has 220 valence electrons. The molecule has 3 aliphatic rings. The molecule has 2 aliphatic carbocycles. The Morgan fingerprint density at radius 2 is 1.76 bits per heavy atom. The van der Waals surface area contributed by atoms with Crippen LogP contribution in [0.15, 0.2) is 12.1 Å². The molecule has 13 heteroatoms. The van der Waals surface area contributed by atoms with E-state index >= 15 is 0 Å². The molecular formula is C28H31NO12. The van der Waals surface area contributed by atoms with Crippen molar-refractivity contribution in [3.8, 4) is 23.0 Å². The smallest absolute Gasteiger partial charge is 0.207 e. The third-order valence-corrected chi connectivity index (χ3v) is 8.29. The summed E-state index contributed by atoms with van der Waals surface area (Å²) in [7, 11) is 1.26. The van der Waals surface area contributed by atoms with E-state index in [1.807, 2.05) is 0 Å². The van der Waals surface area contributed by atoms with Gasteiger partial charge in [0, 0.05) is 30.4 Å². The number of methoxy groups -OCH3 is 1. The zero-order valence-corrected chi connectivity index (χ0v) is 22.5. The van der Waals surface area contributed by atoms with Crippen molar-refractivity contribution in [2.24, 2.45) is 0 Å². The van der Waals surface area contributed by atoms with Crippen LogP contribution >= 0.6 is 0 Å². The summed E-state index contributed by atoms with van der Waals surface area (Å²) in [6, 6.07) is 1.70. The van der Waals surface area contributed by atoms with Gasteiger partial charge in [-0.3, -0.25) is 14.4 Å². The Labute approximate surface area is 233 Å². The number of ether oxygens (including phenoxy) is 3. The standard InChI is InChI=1S/C28H31NO12/c1-10-23(33)13(29-9-30)6-17(40-10)41-16-8-28(38,11(2)31)7-12-18(16)25(35)22-21(24(12)34)26(36)19-14(32)4-5-15(39-3)20(19)27(22)37/h4-5,9-11,13,16-17,23,31-35,38H,6-8H2,1-3H3,(H,29,30)/t10?,11?,13?,16?,17-,23+,28-/m0/s1. The monoisotopic (exact) mass is 573 g/mol. The van der Waals surface area contributed by atoms with E-state index in [0.29, 0.717) is 6.41 Å². The first-order valence-electron chi connectivity index (χ1n) is 13.0. The summed E-state index contributed by atoms with van der Waals surface area (Å²) < 4.78 is 17.1. The second-order valence-electron chi connectivity index (χ2n) is 10.7. The van der Waals surface area contributed by atoms with Crippen LogP contribution in [0.3, 0.4) is 0 Å². The highest BCUT2D eigenvalue weighted by molar-refractivity contribution is 6.32. The van der Waals surface area contributed by atoms with Gasteiger partial charge in [-0.2, -0.15) is 0 Å². The fourth-order valence-corrected chi connectivity index (χ4v) is 6.02. The third-order valence-electron chi connectivity index (χ3n) is 8.29. The van der Waals surface area contributed by atoms with Crippen molar-refractivity contribution >= 4 is 18.0 Å². The van der Waals surface area contributed by atoms with Crippen LogP contribution in [0.1, 0.15) is 75.8 Å². The first-order chi connectivity index (χ1) is 19.3. The highest BCUT2D eigenvalue weighted by Gasteiger charge is 2.49. The predicted octanol–water partition coefficient (Wildman–Crippen LogP) is 0.314. The van der Waals surface area contributed by atoms with Gasteiger partial charge in [0.15, 0.2) is 6.29 Å². The van der Waals surface area contributed by atoms with Crippen molar-refractivity contribution in [2.75, 3.05) is 7.11 Å². The number of benzene rings is 2. The molecule has 13 nitrogen and oxygen atoms in total. The summed E-state index contributed by atoms with van der Waals surface area (Å²) in [6.45, 7) is 2.89.